The molecule has 7 heteroatoms. The molecule has 1 saturated carbocycles. The summed E-state index contributed by atoms with van der Waals surface area (Å²) < 4.78 is 17.4. The lowest BCUT2D eigenvalue weighted by atomic mass is 9.89. The summed E-state index contributed by atoms with van der Waals surface area (Å²) in [6.07, 6.45) is 10.6. The molecule has 0 radical (unpaired) electrons. The largest absolute Gasteiger partial charge is 0.463 e. The molecule has 0 amide bonds. The number of rotatable bonds is 17. The molecule has 4 rings (SSSR count). The Morgan fingerprint density at radius 2 is 1.31 bits per heavy atom. The minimum absolute atomic E-state index is 0.00799. The minimum Gasteiger partial charge on any atom is -0.463 e. The molecule has 0 heterocycles. The third-order valence-corrected chi connectivity index (χ3v) is 8.33. The van der Waals surface area contributed by atoms with E-state index >= 15 is 0 Å². The SMILES string of the molecule is CC(C)OC(=O)CCC/C=C\C[C@@H]1[C@@H](/C=C/C(=O)CCCc2ccccc2)[C@H](OC(=O)c2ccccc2)C[C@@H]1OC(=O)c1ccccc1. The highest BCUT2D eigenvalue weighted by atomic mass is 16.6. The number of esters is 3. The third kappa shape index (κ3) is 11.8. The van der Waals surface area contributed by atoms with Crippen LogP contribution in [0.4, 0.5) is 0 Å². The van der Waals surface area contributed by atoms with Crippen LogP contribution < -0.4 is 0 Å². The molecule has 0 spiro atoms. The Morgan fingerprint density at radius 1 is 0.729 bits per heavy atom. The standard InChI is InChI=1S/C41H46O7/c1-30(2)46-39(43)26-15-4-3-14-25-35-36(28-27-34(42)24-16-19-31-17-8-5-9-18-31)38(48-41(45)33-22-12-7-13-23-33)29-37(35)47-40(44)32-20-10-6-11-21-32/h3,5-14,17-18,20-23,27-28,30,35-38H,4,15-16,19,24-26,29H2,1-2H3/b14-3-,28-27+/t35-,36-,37+,38-/m1/s1. The molecule has 3 aromatic rings. The van der Waals surface area contributed by atoms with Crippen molar-refractivity contribution in [2.75, 3.05) is 0 Å². The highest BCUT2D eigenvalue weighted by molar-refractivity contribution is 5.91. The fourth-order valence-electron chi connectivity index (χ4n) is 5.95. The molecule has 0 saturated heterocycles. The molecule has 1 fully saturated rings. The van der Waals surface area contributed by atoms with Gasteiger partial charge in [0.25, 0.3) is 0 Å². The highest BCUT2D eigenvalue weighted by Gasteiger charge is 2.45. The third-order valence-electron chi connectivity index (χ3n) is 8.33. The molecular formula is C41H46O7. The molecule has 0 aromatic heterocycles. The first-order valence-electron chi connectivity index (χ1n) is 16.9. The van der Waals surface area contributed by atoms with Crippen molar-refractivity contribution in [1.82, 2.24) is 0 Å². The predicted octanol–water partition coefficient (Wildman–Crippen LogP) is 8.29. The number of aryl methyl sites for hydroxylation is 1. The minimum atomic E-state index is -0.608. The van der Waals surface area contributed by atoms with Crippen molar-refractivity contribution in [3.63, 3.8) is 0 Å². The van der Waals surface area contributed by atoms with Crippen LogP contribution in [-0.4, -0.2) is 42.0 Å². The molecular weight excluding hydrogens is 604 g/mol. The summed E-state index contributed by atoms with van der Waals surface area (Å²) in [5.74, 6) is -1.76. The summed E-state index contributed by atoms with van der Waals surface area (Å²) in [5.41, 5.74) is 2.05. The van der Waals surface area contributed by atoms with Crippen LogP contribution in [-0.2, 0) is 30.2 Å². The zero-order valence-corrected chi connectivity index (χ0v) is 27.9. The number of carbonyl (C=O) groups excluding carboxylic acids is 4. The van der Waals surface area contributed by atoms with E-state index in [-0.39, 0.29) is 29.7 Å². The lowest BCUT2D eigenvalue weighted by Gasteiger charge is -2.23. The van der Waals surface area contributed by atoms with Crippen LogP contribution in [0.1, 0.15) is 85.1 Å². The summed E-state index contributed by atoms with van der Waals surface area (Å²) in [7, 11) is 0. The second-order valence-electron chi connectivity index (χ2n) is 12.4. The van der Waals surface area contributed by atoms with Gasteiger partial charge in [0.05, 0.1) is 17.2 Å². The van der Waals surface area contributed by atoms with E-state index in [4.69, 9.17) is 14.2 Å². The Labute approximate surface area is 284 Å². The van der Waals surface area contributed by atoms with E-state index in [9.17, 15) is 19.2 Å². The quantitative estimate of drug-likeness (QED) is 0.0477. The van der Waals surface area contributed by atoms with Gasteiger partial charge in [0.1, 0.15) is 12.2 Å². The van der Waals surface area contributed by atoms with Gasteiger partial charge in [-0.15, -0.1) is 0 Å². The maximum Gasteiger partial charge on any atom is 0.338 e. The van der Waals surface area contributed by atoms with Gasteiger partial charge in [-0.1, -0.05) is 85.0 Å². The molecule has 4 atom stereocenters. The van der Waals surface area contributed by atoms with Crippen LogP contribution in [0.15, 0.2) is 115 Å². The number of ether oxygens (including phenoxy) is 3. The van der Waals surface area contributed by atoms with Gasteiger partial charge in [-0.05, 0) is 81.9 Å². The lowest BCUT2D eigenvalue weighted by Crippen LogP contribution is -2.26. The van der Waals surface area contributed by atoms with E-state index in [1.165, 1.54) is 5.56 Å². The van der Waals surface area contributed by atoms with Crippen LogP contribution in [0.2, 0.25) is 0 Å². The van der Waals surface area contributed by atoms with Gasteiger partial charge in [-0.2, -0.15) is 0 Å². The molecule has 48 heavy (non-hydrogen) atoms. The number of carbonyl (C=O) groups is 4. The van der Waals surface area contributed by atoms with E-state index in [2.05, 4.69) is 12.1 Å². The first kappa shape index (κ1) is 36.1. The van der Waals surface area contributed by atoms with Crippen molar-refractivity contribution < 1.29 is 33.4 Å². The second kappa shape index (κ2) is 19.1. The monoisotopic (exact) mass is 650 g/mol. The summed E-state index contributed by atoms with van der Waals surface area (Å²) in [5, 5.41) is 0. The fourth-order valence-corrected chi connectivity index (χ4v) is 5.95. The topological polar surface area (TPSA) is 96.0 Å². The summed E-state index contributed by atoms with van der Waals surface area (Å²) in [4.78, 5) is 51.3. The molecule has 1 aliphatic carbocycles. The zero-order chi connectivity index (χ0) is 34.1. The van der Waals surface area contributed by atoms with E-state index in [1.807, 2.05) is 62.4 Å². The number of ketones is 1. The van der Waals surface area contributed by atoms with Gasteiger partial charge >= 0.3 is 17.9 Å². The van der Waals surface area contributed by atoms with Crippen LogP contribution in [0, 0.1) is 11.8 Å². The fraction of sp³-hybridized carbons (Fsp3) is 0.366. The lowest BCUT2D eigenvalue weighted by molar-refractivity contribution is -0.147. The van der Waals surface area contributed by atoms with Crippen LogP contribution >= 0.6 is 0 Å². The number of hydrogen-bond donors (Lipinski definition) is 0. The summed E-state index contributed by atoms with van der Waals surface area (Å²) in [6.45, 7) is 3.65. The molecule has 7 nitrogen and oxygen atoms in total. The van der Waals surface area contributed by atoms with Gasteiger partial charge in [0.15, 0.2) is 5.78 Å². The van der Waals surface area contributed by atoms with Crippen molar-refractivity contribution in [2.24, 2.45) is 11.8 Å². The normalized spacial score (nSPS) is 19.1. The molecule has 0 aliphatic heterocycles. The molecule has 0 unspecified atom stereocenters. The Balaban J connectivity index is 1.50. The van der Waals surface area contributed by atoms with Crippen molar-refractivity contribution in [3.05, 3.63) is 132 Å². The first-order valence-corrected chi connectivity index (χ1v) is 16.9. The number of allylic oxidation sites excluding steroid dienone is 3. The van der Waals surface area contributed by atoms with Crippen LogP contribution in [0.25, 0.3) is 0 Å². The average molecular weight is 651 g/mol. The molecule has 0 N–H and O–H groups in total. The van der Waals surface area contributed by atoms with Crippen molar-refractivity contribution in [2.45, 2.75) is 83.5 Å². The average Bonchev–Trinajstić information content (AvgIpc) is 3.40. The Kier molecular flexibility index (Phi) is 14.4. The van der Waals surface area contributed by atoms with E-state index in [1.54, 1.807) is 54.6 Å². The zero-order valence-electron chi connectivity index (χ0n) is 27.9. The van der Waals surface area contributed by atoms with Gasteiger partial charge < -0.3 is 14.2 Å². The maximum atomic E-state index is 13.2. The number of hydrogen-bond acceptors (Lipinski definition) is 7. The predicted molar refractivity (Wildman–Crippen MR) is 185 cm³/mol. The van der Waals surface area contributed by atoms with Gasteiger partial charge in [0, 0.05) is 31.1 Å². The number of unbranched alkanes of at least 4 members (excludes halogenated alkanes) is 1. The van der Waals surface area contributed by atoms with Crippen molar-refractivity contribution in [3.8, 4) is 0 Å². The Morgan fingerprint density at radius 3 is 1.92 bits per heavy atom. The van der Waals surface area contributed by atoms with Crippen molar-refractivity contribution in [1.29, 1.82) is 0 Å². The molecule has 0 bridgehead atoms. The van der Waals surface area contributed by atoms with Gasteiger partial charge in [0.2, 0.25) is 0 Å². The summed E-state index contributed by atoms with van der Waals surface area (Å²) in [6, 6.07) is 27.6. The van der Waals surface area contributed by atoms with Gasteiger partial charge in [-0.25, -0.2) is 9.59 Å². The first-order chi connectivity index (χ1) is 23.3. The van der Waals surface area contributed by atoms with Crippen molar-refractivity contribution >= 4 is 23.7 Å². The maximum absolute atomic E-state index is 13.2. The smallest absolute Gasteiger partial charge is 0.338 e. The molecule has 252 valence electrons. The Bertz CT molecular complexity index is 1510. The second-order valence-corrected chi connectivity index (χ2v) is 12.4. The highest BCUT2D eigenvalue weighted by Crippen LogP contribution is 2.41. The molecule has 3 aromatic carbocycles. The Hall–Kier alpha value is -4.78. The van der Waals surface area contributed by atoms with E-state index in [0.717, 1.165) is 12.8 Å². The molecule has 1 aliphatic rings. The number of benzene rings is 3. The van der Waals surface area contributed by atoms with Crippen LogP contribution in [0.5, 0.6) is 0 Å². The van der Waals surface area contributed by atoms with Gasteiger partial charge in [-0.3, -0.25) is 9.59 Å². The summed E-state index contributed by atoms with van der Waals surface area (Å²) >= 11 is 0. The van der Waals surface area contributed by atoms with E-state index < -0.39 is 24.1 Å². The van der Waals surface area contributed by atoms with E-state index in [0.29, 0.717) is 49.7 Å². The van der Waals surface area contributed by atoms with Crippen LogP contribution in [0.3, 0.4) is 0 Å².